The topological polar surface area (TPSA) is 0 Å². The molecule has 0 saturated heterocycles. The minimum Gasteiger partial charge on any atom is -0.0985 e. The first-order valence-corrected chi connectivity index (χ1v) is 22.4. The maximum absolute atomic E-state index is 4.12. The van der Waals surface area contributed by atoms with Gasteiger partial charge in [0.1, 0.15) is 0 Å². The van der Waals surface area contributed by atoms with Gasteiger partial charge in [0, 0.05) is 0 Å². The van der Waals surface area contributed by atoms with Gasteiger partial charge >= 0.3 is 0 Å². The summed E-state index contributed by atoms with van der Waals surface area (Å²) in [5.74, 6) is 0. The first kappa shape index (κ1) is 39.6. The predicted octanol–water partition coefficient (Wildman–Crippen LogP) is 18.1. The molecule has 0 unspecified atom stereocenters. The van der Waals surface area contributed by atoms with Crippen molar-refractivity contribution in [3.8, 4) is 66.8 Å². The third kappa shape index (κ3) is 7.60. The summed E-state index contributed by atoms with van der Waals surface area (Å²) in [4.78, 5) is 0. The Hall–Kier alpha value is -7.54. The molecule has 0 nitrogen and oxygen atoms in total. The zero-order valence-corrected chi connectivity index (χ0v) is 35.9. The molecule has 9 aromatic carbocycles. The van der Waals surface area contributed by atoms with E-state index in [2.05, 4.69) is 232 Å². The summed E-state index contributed by atoms with van der Waals surface area (Å²) in [5.41, 5.74) is 19.6. The average molecular weight is 807 g/mol. The molecule has 0 bridgehead atoms. The maximum Gasteiger partial charge on any atom is -0.00144 e. The van der Waals surface area contributed by atoms with Gasteiger partial charge in [0.25, 0.3) is 0 Å². The molecule has 0 radical (unpaired) electrons. The monoisotopic (exact) mass is 806 g/mol. The molecule has 0 amide bonds. The molecule has 1 aliphatic rings. The van der Waals surface area contributed by atoms with Crippen LogP contribution in [0.15, 0.2) is 231 Å². The van der Waals surface area contributed by atoms with E-state index in [0.717, 1.165) is 25.7 Å². The lowest BCUT2D eigenvalue weighted by Crippen LogP contribution is -2.01. The van der Waals surface area contributed by atoms with Gasteiger partial charge in [0.15, 0.2) is 0 Å². The summed E-state index contributed by atoms with van der Waals surface area (Å²) in [7, 11) is 0. The van der Waals surface area contributed by atoms with Crippen molar-refractivity contribution >= 4 is 32.7 Å². The highest BCUT2D eigenvalue weighted by Gasteiger charge is 2.25. The van der Waals surface area contributed by atoms with Crippen LogP contribution in [-0.4, -0.2) is 0 Å². The fourth-order valence-corrected chi connectivity index (χ4v) is 9.69. The molecule has 0 atom stereocenters. The van der Waals surface area contributed by atoms with Crippen molar-refractivity contribution in [2.24, 2.45) is 0 Å². The molecular formula is C63H50. The molecule has 0 N–H and O–H groups in total. The number of benzene rings is 9. The summed E-state index contributed by atoms with van der Waals surface area (Å²) < 4.78 is 0. The fraction of sp³-hybridized carbons (Fsp3) is 0.0794. The fourth-order valence-electron chi connectivity index (χ4n) is 9.69. The lowest BCUT2D eigenvalue weighted by molar-refractivity contribution is 0.960. The molecule has 302 valence electrons. The van der Waals surface area contributed by atoms with Gasteiger partial charge in [-0.05, 0) is 142 Å². The Morgan fingerprint density at radius 2 is 0.937 bits per heavy atom. The van der Waals surface area contributed by atoms with Gasteiger partial charge < -0.3 is 0 Å². The molecule has 63 heavy (non-hydrogen) atoms. The molecule has 0 aromatic heterocycles. The van der Waals surface area contributed by atoms with Crippen LogP contribution in [0, 0.1) is 0 Å². The molecule has 0 heteroatoms. The van der Waals surface area contributed by atoms with Crippen LogP contribution >= 0.6 is 0 Å². The molecular weight excluding hydrogens is 757 g/mol. The zero-order chi connectivity index (χ0) is 42.5. The standard InChI is InChI=1S/C63H50/c1-3-5-23-44(4-2)45-38-40-50(41-39-45)59-53-34-18-20-36-55(53)60(56-37-21-19-35-54(56)59)52-33-22-32-51(42-52)58-43-57(46-24-10-6-11-25-46)61(47-26-12-7-13-27-47)63(49-30-16-9-17-31-49)62(58)48-28-14-8-15-29-48/h4,6,8-12,14-43H,2-3,5,7,13H2,1H3/b44-23+. The highest BCUT2D eigenvalue weighted by atomic mass is 14.3. The zero-order valence-electron chi connectivity index (χ0n) is 35.9. The summed E-state index contributed by atoms with van der Waals surface area (Å²) in [6.45, 7) is 6.34. The molecule has 0 aliphatic heterocycles. The number of hydrogen-bond acceptors (Lipinski definition) is 0. The Bertz CT molecular complexity index is 3140. The molecule has 0 spiro atoms. The average Bonchev–Trinajstić information content (AvgIpc) is 3.36. The molecule has 0 heterocycles. The van der Waals surface area contributed by atoms with E-state index < -0.39 is 0 Å². The lowest BCUT2D eigenvalue weighted by Gasteiger charge is -2.26. The predicted molar refractivity (Wildman–Crippen MR) is 274 cm³/mol. The summed E-state index contributed by atoms with van der Waals surface area (Å²) in [5, 5.41) is 4.98. The normalized spacial score (nSPS) is 12.7. The molecule has 10 rings (SSSR count). The molecule has 9 aromatic rings. The van der Waals surface area contributed by atoms with Crippen molar-refractivity contribution in [2.75, 3.05) is 0 Å². The largest absolute Gasteiger partial charge is 0.0985 e. The van der Waals surface area contributed by atoms with Crippen molar-refractivity contribution < 1.29 is 0 Å². The van der Waals surface area contributed by atoms with Crippen LogP contribution in [-0.2, 0) is 0 Å². The van der Waals surface area contributed by atoms with Gasteiger partial charge in [-0.15, -0.1) is 0 Å². The van der Waals surface area contributed by atoms with Crippen molar-refractivity contribution in [2.45, 2.75) is 32.6 Å². The minimum absolute atomic E-state index is 1.03. The van der Waals surface area contributed by atoms with E-state index in [9.17, 15) is 0 Å². The second-order valence-electron chi connectivity index (χ2n) is 16.5. The summed E-state index contributed by atoms with van der Waals surface area (Å²) in [6, 6.07) is 71.8. The van der Waals surface area contributed by atoms with E-state index in [0.29, 0.717) is 0 Å². The minimum atomic E-state index is 1.03. The van der Waals surface area contributed by atoms with Crippen LogP contribution in [0.25, 0.3) is 99.5 Å². The van der Waals surface area contributed by atoms with Crippen LogP contribution in [0.1, 0.15) is 43.7 Å². The van der Waals surface area contributed by atoms with Crippen molar-refractivity contribution in [1.82, 2.24) is 0 Å². The molecule has 0 fully saturated rings. The third-order valence-electron chi connectivity index (χ3n) is 12.6. The van der Waals surface area contributed by atoms with Gasteiger partial charge in [-0.25, -0.2) is 0 Å². The van der Waals surface area contributed by atoms with Gasteiger partial charge in [-0.2, -0.15) is 0 Å². The molecule has 1 aliphatic carbocycles. The third-order valence-corrected chi connectivity index (χ3v) is 12.6. The Morgan fingerprint density at radius 1 is 0.444 bits per heavy atom. The van der Waals surface area contributed by atoms with Crippen LogP contribution in [0.4, 0.5) is 0 Å². The van der Waals surface area contributed by atoms with E-state index in [-0.39, 0.29) is 0 Å². The van der Waals surface area contributed by atoms with Crippen molar-refractivity contribution in [1.29, 1.82) is 0 Å². The van der Waals surface area contributed by atoms with Gasteiger partial charge in [-0.1, -0.05) is 232 Å². The Balaban J connectivity index is 1.24. The Morgan fingerprint density at radius 3 is 1.49 bits per heavy atom. The number of hydrogen-bond donors (Lipinski definition) is 0. The highest BCUT2D eigenvalue weighted by Crippen LogP contribution is 2.50. The van der Waals surface area contributed by atoms with Crippen LogP contribution in [0.3, 0.4) is 0 Å². The molecule has 0 saturated carbocycles. The van der Waals surface area contributed by atoms with Crippen LogP contribution in [0.2, 0.25) is 0 Å². The van der Waals surface area contributed by atoms with Crippen LogP contribution < -0.4 is 0 Å². The number of allylic oxidation sites excluding steroid dienone is 7. The van der Waals surface area contributed by atoms with Gasteiger partial charge in [0.05, 0.1) is 0 Å². The van der Waals surface area contributed by atoms with E-state index in [4.69, 9.17) is 0 Å². The van der Waals surface area contributed by atoms with Crippen LogP contribution in [0.5, 0.6) is 0 Å². The highest BCUT2D eigenvalue weighted by molar-refractivity contribution is 6.21. The second kappa shape index (κ2) is 17.8. The first-order chi connectivity index (χ1) is 31.2. The number of fused-ring (bicyclic) bond motifs is 2. The van der Waals surface area contributed by atoms with E-state index in [1.54, 1.807) is 0 Å². The number of rotatable bonds is 11. The van der Waals surface area contributed by atoms with Crippen molar-refractivity contribution in [3.63, 3.8) is 0 Å². The number of unbranched alkanes of at least 4 members (excludes halogenated alkanes) is 1. The van der Waals surface area contributed by atoms with Gasteiger partial charge in [-0.3, -0.25) is 0 Å². The first-order valence-electron chi connectivity index (χ1n) is 22.4. The van der Waals surface area contributed by atoms with E-state index in [1.807, 2.05) is 6.08 Å². The lowest BCUT2D eigenvalue weighted by atomic mass is 9.77. The maximum atomic E-state index is 4.12. The Kier molecular flexibility index (Phi) is 11.2. The van der Waals surface area contributed by atoms with E-state index in [1.165, 1.54) is 111 Å². The summed E-state index contributed by atoms with van der Waals surface area (Å²) in [6.07, 6.45) is 15.6. The van der Waals surface area contributed by atoms with Crippen molar-refractivity contribution in [3.05, 3.63) is 242 Å². The smallest absolute Gasteiger partial charge is 0.00144 e. The SMILES string of the molecule is C=C/C(=C\CCC)c1ccc(-c2c3ccccc3c(-c3cccc(-c4cc(-c5ccccc5)c(C5=CCCC=C5)c(-c5ccccc5)c4-c4ccccc4)c3)c3ccccc23)cc1. The summed E-state index contributed by atoms with van der Waals surface area (Å²) >= 11 is 0. The quantitative estimate of drug-likeness (QED) is 0.0902. The Labute approximate surface area is 372 Å². The van der Waals surface area contributed by atoms with Gasteiger partial charge in [0.2, 0.25) is 0 Å². The van der Waals surface area contributed by atoms with E-state index >= 15 is 0 Å². The second-order valence-corrected chi connectivity index (χ2v) is 16.5.